The van der Waals surface area contributed by atoms with E-state index < -0.39 is 5.91 Å². The first-order valence-corrected chi connectivity index (χ1v) is 9.88. The number of methoxy groups -OCH3 is 1. The second kappa shape index (κ2) is 8.81. The molecule has 2 aromatic carbocycles. The predicted octanol–water partition coefficient (Wildman–Crippen LogP) is 4.10. The molecule has 0 aliphatic rings. The fraction of sp³-hybridized carbons (Fsp3) is 0.125. The van der Waals surface area contributed by atoms with E-state index in [9.17, 15) is 9.59 Å². The average Bonchev–Trinajstić information content (AvgIpc) is 3.49. The number of carbonyl (C=O) groups is 2. The van der Waals surface area contributed by atoms with Crippen molar-refractivity contribution in [3.05, 3.63) is 84.3 Å². The largest absolute Gasteiger partial charge is 0.495 e. The molecule has 0 aliphatic heterocycles. The van der Waals surface area contributed by atoms with Gasteiger partial charge in [0.1, 0.15) is 17.1 Å². The summed E-state index contributed by atoms with van der Waals surface area (Å²) >= 11 is 0. The molecule has 0 saturated carbocycles. The van der Waals surface area contributed by atoms with E-state index in [4.69, 9.17) is 9.15 Å². The zero-order chi connectivity index (χ0) is 22.7. The zero-order valence-corrected chi connectivity index (χ0v) is 17.9. The molecule has 0 spiro atoms. The Balaban J connectivity index is 1.74. The van der Waals surface area contributed by atoms with Gasteiger partial charge in [-0.25, -0.2) is 4.68 Å². The van der Waals surface area contributed by atoms with Crippen LogP contribution in [0.2, 0.25) is 0 Å². The lowest BCUT2D eigenvalue weighted by Gasteiger charge is -2.15. The first kappa shape index (κ1) is 20.9. The molecule has 0 aliphatic carbocycles. The molecule has 32 heavy (non-hydrogen) atoms. The second-order valence-electron chi connectivity index (χ2n) is 7.21. The monoisotopic (exact) mass is 430 g/mol. The van der Waals surface area contributed by atoms with Gasteiger partial charge in [-0.3, -0.25) is 9.59 Å². The summed E-state index contributed by atoms with van der Waals surface area (Å²) in [6.45, 7) is 0. The molecule has 162 valence electrons. The van der Waals surface area contributed by atoms with Crippen LogP contribution >= 0.6 is 0 Å². The van der Waals surface area contributed by atoms with E-state index in [2.05, 4.69) is 10.4 Å². The van der Waals surface area contributed by atoms with Gasteiger partial charge in [0, 0.05) is 25.7 Å². The van der Waals surface area contributed by atoms with Crippen LogP contribution in [0.25, 0.3) is 17.1 Å². The number of hydrogen-bond acceptors (Lipinski definition) is 5. The highest BCUT2D eigenvalue weighted by molar-refractivity contribution is 6.06. The van der Waals surface area contributed by atoms with Crippen LogP contribution in [0.4, 0.5) is 5.69 Å². The average molecular weight is 430 g/mol. The van der Waals surface area contributed by atoms with Gasteiger partial charge in [0.15, 0.2) is 5.76 Å². The van der Waals surface area contributed by atoms with Crippen LogP contribution in [-0.4, -0.2) is 47.7 Å². The van der Waals surface area contributed by atoms with Gasteiger partial charge in [0.05, 0.1) is 24.7 Å². The third kappa shape index (κ3) is 4.11. The lowest BCUT2D eigenvalue weighted by Crippen LogP contribution is -2.22. The van der Waals surface area contributed by atoms with Crippen LogP contribution in [0.15, 0.2) is 77.4 Å². The number of anilines is 1. The molecular weight excluding hydrogens is 408 g/mol. The van der Waals surface area contributed by atoms with Gasteiger partial charge in [-0.1, -0.05) is 18.2 Å². The van der Waals surface area contributed by atoms with E-state index in [0.717, 1.165) is 5.69 Å². The van der Waals surface area contributed by atoms with Crippen molar-refractivity contribution in [3.63, 3.8) is 0 Å². The second-order valence-corrected chi connectivity index (χ2v) is 7.21. The van der Waals surface area contributed by atoms with Crippen LogP contribution in [0.1, 0.15) is 20.8 Å². The Hall–Kier alpha value is -4.33. The maximum absolute atomic E-state index is 13.3. The van der Waals surface area contributed by atoms with Gasteiger partial charge in [-0.2, -0.15) is 5.10 Å². The molecule has 1 N–H and O–H groups in total. The van der Waals surface area contributed by atoms with Crippen molar-refractivity contribution in [1.29, 1.82) is 0 Å². The summed E-state index contributed by atoms with van der Waals surface area (Å²) in [7, 11) is 4.83. The molecule has 8 heteroatoms. The molecule has 8 nitrogen and oxygen atoms in total. The number of furan rings is 1. The lowest BCUT2D eigenvalue weighted by atomic mass is 10.1. The minimum atomic E-state index is -0.410. The third-order valence-corrected chi connectivity index (χ3v) is 4.82. The number of para-hydroxylation sites is 1. The fourth-order valence-corrected chi connectivity index (χ4v) is 3.24. The topological polar surface area (TPSA) is 89.6 Å². The van der Waals surface area contributed by atoms with E-state index in [1.165, 1.54) is 12.0 Å². The number of ether oxygens (including phenoxy) is 1. The maximum atomic E-state index is 13.3. The first-order valence-electron chi connectivity index (χ1n) is 9.88. The standard InChI is InChI=1S/C24H22N4O4/c1-27(2)24(30)16-11-12-21(31-3)18(14-16)25-23(29)20-15-19(22-10-7-13-32-22)26-28(20)17-8-5-4-6-9-17/h4-15H,1-3H3,(H,25,29). The van der Waals surface area contributed by atoms with Crippen molar-refractivity contribution in [2.75, 3.05) is 26.5 Å². The van der Waals surface area contributed by atoms with Crippen LogP contribution in [0.3, 0.4) is 0 Å². The van der Waals surface area contributed by atoms with E-state index >= 15 is 0 Å². The predicted molar refractivity (Wildman–Crippen MR) is 120 cm³/mol. The number of amides is 2. The molecule has 0 radical (unpaired) electrons. The lowest BCUT2D eigenvalue weighted by molar-refractivity contribution is 0.0827. The number of hydrogen-bond donors (Lipinski definition) is 1. The van der Waals surface area contributed by atoms with Gasteiger partial charge in [0.25, 0.3) is 11.8 Å². The molecule has 4 aromatic rings. The Labute approximate surface area is 185 Å². The van der Waals surface area contributed by atoms with E-state index in [1.807, 2.05) is 30.3 Å². The summed E-state index contributed by atoms with van der Waals surface area (Å²) in [5.74, 6) is 0.389. The first-order chi connectivity index (χ1) is 15.5. The Bertz CT molecular complexity index is 1240. The number of aromatic nitrogens is 2. The Morgan fingerprint density at radius 3 is 2.47 bits per heavy atom. The van der Waals surface area contributed by atoms with Crippen molar-refractivity contribution < 1.29 is 18.7 Å². The van der Waals surface area contributed by atoms with Gasteiger partial charge in [-0.15, -0.1) is 0 Å². The van der Waals surface area contributed by atoms with Crippen LogP contribution in [-0.2, 0) is 0 Å². The molecule has 2 aromatic heterocycles. The molecule has 0 fully saturated rings. The highest BCUT2D eigenvalue weighted by Crippen LogP contribution is 2.28. The zero-order valence-electron chi connectivity index (χ0n) is 17.9. The summed E-state index contributed by atoms with van der Waals surface area (Å²) in [4.78, 5) is 27.2. The smallest absolute Gasteiger partial charge is 0.274 e. The number of carbonyl (C=O) groups excluding carboxylic acids is 2. The molecule has 0 bridgehead atoms. The highest BCUT2D eigenvalue weighted by Gasteiger charge is 2.21. The van der Waals surface area contributed by atoms with Gasteiger partial charge >= 0.3 is 0 Å². The Morgan fingerprint density at radius 1 is 1.03 bits per heavy atom. The van der Waals surface area contributed by atoms with Crippen LogP contribution in [0, 0.1) is 0 Å². The third-order valence-electron chi connectivity index (χ3n) is 4.82. The summed E-state index contributed by atoms with van der Waals surface area (Å²) in [6, 6.07) is 19.4. The number of benzene rings is 2. The molecule has 4 rings (SSSR count). The van der Waals surface area contributed by atoms with Crippen molar-refractivity contribution in [3.8, 4) is 22.9 Å². The van der Waals surface area contributed by atoms with E-state index in [-0.39, 0.29) is 5.91 Å². The number of nitrogens with zero attached hydrogens (tertiary/aromatic N) is 3. The van der Waals surface area contributed by atoms with Crippen LogP contribution in [0.5, 0.6) is 5.75 Å². The van der Waals surface area contributed by atoms with Crippen molar-refractivity contribution in [1.82, 2.24) is 14.7 Å². The van der Waals surface area contributed by atoms with Crippen molar-refractivity contribution >= 4 is 17.5 Å². The van der Waals surface area contributed by atoms with E-state index in [1.54, 1.807) is 61.4 Å². The summed E-state index contributed by atoms with van der Waals surface area (Å²) < 4.78 is 12.4. The van der Waals surface area contributed by atoms with Gasteiger partial charge in [0.2, 0.25) is 0 Å². The Morgan fingerprint density at radius 2 is 1.81 bits per heavy atom. The quantitative estimate of drug-likeness (QED) is 0.498. The minimum absolute atomic E-state index is 0.183. The summed E-state index contributed by atoms with van der Waals surface area (Å²) in [5, 5.41) is 7.42. The number of rotatable bonds is 6. The van der Waals surface area contributed by atoms with Crippen LogP contribution < -0.4 is 10.1 Å². The fourth-order valence-electron chi connectivity index (χ4n) is 3.24. The van der Waals surface area contributed by atoms with Gasteiger partial charge < -0.3 is 19.4 Å². The number of nitrogens with one attached hydrogen (secondary N) is 1. The van der Waals surface area contributed by atoms with E-state index in [0.29, 0.717) is 34.1 Å². The molecular formula is C24H22N4O4. The van der Waals surface area contributed by atoms with Crippen molar-refractivity contribution in [2.24, 2.45) is 0 Å². The molecule has 2 heterocycles. The Kier molecular flexibility index (Phi) is 5.76. The summed E-state index contributed by atoms with van der Waals surface area (Å²) in [6.07, 6.45) is 1.55. The SMILES string of the molecule is COc1ccc(C(=O)N(C)C)cc1NC(=O)c1cc(-c2ccco2)nn1-c1ccccc1. The normalized spacial score (nSPS) is 10.6. The molecule has 2 amide bonds. The van der Waals surface area contributed by atoms with Crippen molar-refractivity contribution in [2.45, 2.75) is 0 Å². The minimum Gasteiger partial charge on any atom is -0.495 e. The van der Waals surface area contributed by atoms with Gasteiger partial charge in [-0.05, 0) is 42.5 Å². The highest BCUT2D eigenvalue weighted by atomic mass is 16.5. The molecule has 0 unspecified atom stereocenters. The summed E-state index contributed by atoms with van der Waals surface area (Å²) in [5.41, 5.74) is 2.35. The molecule has 0 atom stereocenters. The molecule has 0 saturated heterocycles. The maximum Gasteiger partial charge on any atom is 0.274 e.